The Labute approximate surface area is 97.6 Å². The van der Waals surface area contributed by atoms with Gasteiger partial charge in [0.25, 0.3) is 0 Å². The Morgan fingerprint density at radius 3 is 2.88 bits per heavy atom. The van der Waals surface area contributed by atoms with Gasteiger partial charge < -0.3 is 5.32 Å². The number of nitrogens with one attached hydrogen (secondary N) is 2. The van der Waals surface area contributed by atoms with Crippen molar-refractivity contribution < 1.29 is 8.42 Å². The third-order valence-electron chi connectivity index (χ3n) is 3.69. The van der Waals surface area contributed by atoms with Crippen molar-refractivity contribution in [1.29, 1.82) is 0 Å². The first kappa shape index (κ1) is 12.3. The normalized spacial score (nSPS) is 30.8. The van der Waals surface area contributed by atoms with E-state index in [2.05, 4.69) is 14.9 Å². The molecule has 0 aromatic heterocycles. The summed E-state index contributed by atoms with van der Waals surface area (Å²) in [5, 5.41) is 3.38. The van der Waals surface area contributed by atoms with Crippen LogP contribution in [0.5, 0.6) is 0 Å². The maximum absolute atomic E-state index is 11.2. The summed E-state index contributed by atoms with van der Waals surface area (Å²) >= 11 is 0. The van der Waals surface area contributed by atoms with Gasteiger partial charge in [-0.1, -0.05) is 0 Å². The number of hydrogen-bond acceptors (Lipinski definition) is 4. The quantitative estimate of drug-likeness (QED) is 0.678. The second kappa shape index (κ2) is 5.00. The topological polar surface area (TPSA) is 61.4 Å². The molecule has 6 heteroatoms. The van der Waals surface area contributed by atoms with Crippen LogP contribution in [-0.2, 0) is 10.0 Å². The van der Waals surface area contributed by atoms with E-state index in [1.165, 1.54) is 33.0 Å². The predicted molar refractivity (Wildman–Crippen MR) is 63.8 cm³/mol. The van der Waals surface area contributed by atoms with Gasteiger partial charge in [0.1, 0.15) is 0 Å². The van der Waals surface area contributed by atoms with Crippen molar-refractivity contribution in [2.45, 2.75) is 31.3 Å². The van der Waals surface area contributed by atoms with Crippen LogP contribution in [0, 0.1) is 0 Å². The lowest BCUT2D eigenvalue weighted by atomic mass is 10.1. The Morgan fingerprint density at radius 2 is 2.12 bits per heavy atom. The molecule has 0 aromatic rings. The summed E-state index contributed by atoms with van der Waals surface area (Å²) in [5.74, 6) is 0.173. The van der Waals surface area contributed by atoms with Crippen LogP contribution in [0.15, 0.2) is 0 Å². The van der Waals surface area contributed by atoms with Crippen molar-refractivity contribution in [2.75, 3.05) is 32.4 Å². The highest BCUT2D eigenvalue weighted by atomic mass is 32.2. The third kappa shape index (κ3) is 2.74. The minimum absolute atomic E-state index is 0.173. The molecule has 5 nitrogen and oxygen atoms in total. The first-order chi connectivity index (χ1) is 7.62. The van der Waals surface area contributed by atoms with E-state index in [4.69, 9.17) is 0 Å². The van der Waals surface area contributed by atoms with E-state index in [0.29, 0.717) is 18.6 Å². The average Bonchev–Trinajstić information content (AvgIpc) is 2.82. The Hall–Kier alpha value is -0.170. The number of nitrogens with zero attached hydrogens (tertiary/aromatic N) is 1. The summed E-state index contributed by atoms with van der Waals surface area (Å²) in [5.41, 5.74) is 0. The zero-order valence-electron chi connectivity index (χ0n) is 9.78. The molecule has 2 unspecified atom stereocenters. The Bertz CT molecular complexity index is 331. The van der Waals surface area contributed by atoms with Gasteiger partial charge in [-0.15, -0.1) is 0 Å². The smallest absolute Gasteiger partial charge is 0.212 e. The Balaban J connectivity index is 1.75. The van der Waals surface area contributed by atoms with Gasteiger partial charge >= 0.3 is 0 Å². The van der Waals surface area contributed by atoms with Crippen LogP contribution in [0.3, 0.4) is 0 Å². The first-order valence-electron chi connectivity index (χ1n) is 6.01. The summed E-state index contributed by atoms with van der Waals surface area (Å²) in [4.78, 5) is 2.52. The molecular formula is C10H21N3O2S. The first-order valence-corrected chi connectivity index (χ1v) is 7.66. The molecule has 2 atom stereocenters. The minimum atomic E-state index is -3.06. The van der Waals surface area contributed by atoms with Gasteiger partial charge in [-0.2, -0.15) is 0 Å². The lowest BCUT2D eigenvalue weighted by molar-refractivity contribution is 0.300. The molecule has 2 heterocycles. The molecule has 0 saturated carbocycles. The van der Waals surface area contributed by atoms with Crippen molar-refractivity contribution in [2.24, 2.45) is 0 Å². The molecule has 2 aliphatic rings. The van der Waals surface area contributed by atoms with Gasteiger partial charge in [-0.3, -0.25) is 4.90 Å². The predicted octanol–water partition coefficient (Wildman–Crippen LogP) is -0.638. The summed E-state index contributed by atoms with van der Waals surface area (Å²) in [6.07, 6.45) is 3.71. The minimum Gasteiger partial charge on any atom is -0.311 e. The largest absolute Gasteiger partial charge is 0.311 e. The molecular weight excluding hydrogens is 226 g/mol. The third-order valence-corrected chi connectivity index (χ3v) is 5.06. The molecule has 0 amide bonds. The van der Waals surface area contributed by atoms with Gasteiger partial charge in [0.05, 0.1) is 5.75 Å². The maximum atomic E-state index is 11.2. The lowest BCUT2D eigenvalue weighted by Crippen LogP contribution is -2.41. The van der Waals surface area contributed by atoms with Crippen LogP contribution in [0.1, 0.15) is 19.3 Å². The number of fused-ring (bicyclic) bond motifs is 1. The molecule has 0 bridgehead atoms. The van der Waals surface area contributed by atoms with Gasteiger partial charge in [-0.05, 0) is 32.9 Å². The fraction of sp³-hybridized carbons (Fsp3) is 1.00. The molecule has 2 N–H and O–H groups in total. The summed E-state index contributed by atoms with van der Waals surface area (Å²) in [6, 6.07) is 1.15. The van der Waals surface area contributed by atoms with Crippen molar-refractivity contribution in [3.8, 4) is 0 Å². The van der Waals surface area contributed by atoms with Crippen molar-refractivity contribution in [3.05, 3.63) is 0 Å². The van der Waals surface area contributed by atoms with Crippen molar-refractivity contribution in [3.63, 3.8) is 0 Å². The molecule has 0 radical (unpaired) electrons. The molecule has 2 rings (SSSR count). The average molecular weight is 247 g/mol. The fourth-order valence-corrected chi connectivity index (χ4v) is 3.39. The van der Waals surface area contributed by atoms with E-state index in [1.807, 2.05) is 0 Å². The Kier molecular flexibility index (Phi) is 3.84. The van der Waals surface area contributed by atoms with Crippen LogP contribution < -0.4 is 10.0 Å². The van der Waals surface area contributed by atoms with Crippen LogP contribution in [0.25, 0.3) is 0 Å². The molecule has 0 aliphatic carbocycles. The standard InChI is InChI=1S/C10H21N3O2S/c1-11-16(14,15)8-5-12-9-4-7-13-6-2-3-10(9)13/h9-12H,2-8H2,1H3. The van der Waals surface area contributed by atoms with E-state index in [0.717, 1.165) is 6.42 Å². The van der Waals surface area contributed by atoms with Crippen molar-refractivity contribution >= 4 is 10.0 Å². The van der Waals surface area contributed by atoms with Gasteiger partial charge in [0.2, 0.25) is 10.0 Å². The van der Waals surface area contributed by atoms with Crippen LogP contribution in [-0.4, -0.2) is 57.8 Å². The SMILES string of the molecule is CNS(=O)(=O)CCNC1CCN2CCCC12. The molecule has 94 valence electrons. The highest BCUT2D eigenvalue weighted by molar-refractivity contribution is 7.89. The van der Waals surface area contributed by atoms with E-state index >= 15 is 0 Å². The lowest BCUT2D eigenvalue weighted by Gasteiger charge is -2.21. The van der Waals surface area contributed by atoms with E-state index in [1.54, 1.807) is 0 Å². The second-order valence-electron chi connectivity index (χ2n) is 4.62. The number of sulfonamides is 1. The van der Waals surface area contributed by atoms with Gasteiger partial charge in [0.15, 0.2) is 0 Å². The van der Waals surface area contributed by atoms with Crippen LogP contribution >= 0.6 is 0 Å². The number of rotatable bonds is 5. The highest BCUT2D eigenvalue weighted by Crippen LogP contribution is 2.27. The number of hydrogen-bond donors (Lipinski definition) is 2. The zero-order valence-corrected chi connectivity index (χ0v) is 10.6. The molecule has 2 saturated heterocycles. The zero-order chi connectivity index (χ0) is 11.6. The molecule has 0 aromatic carbocycles. The van der Waals surface area contributed by atoms with Gasteiger partial charge in [0, 0.05) is 25.2 Å². The fourth-order valence-electron chi connectivity index (χ4n) is 2.80. The van der Waals surface area contributed by atoms with Crippen LogP contribution in [0.4, 0.5) is 0 Å². The van der Waals surface area contributed by atoms with E-state index in [9.17, 15) is 8.42 Å². The second-order valence-corrected chi connectivity index (χ2v) is 6.66. The van der Waals surface area contributed by atoms with E-state index < -0.39 is 10.0 Å². The monoisotopic (exact) mass is 247 g/mol. The van der Waals surface area contributed by atoms with Crippen LogP contribution in [0.2, 0.25) is 0 Å². The summed E-state index contributed by atoms with van der Waals surface area (Å²) in [6.45, 7) is 2.94. The molecule has 0 spiro atoms. The molecule has 2 fully saturated rings. The molecule has 16 heavy (non-hydrogen) atoms. The molecule has 2 aliphatic heterocycles. The van der Waals surface area contributed by atoms with Crippen molar-refractivity contribution in [1.82, 2.24) is 14.9 Å². The maximum Gasteiger partial charge on any atom is 0.212 e. The highest BCUT2D eigenvalue weighted by Gasteiger charge is 2.36. The van der Waals surface area contributed by atoms with Gasteiger partial charge in [-0.25, -0.2) is 13.1 Å². The summed E-state index contributed by atoms with van der Waals surface area (Å²) in [7, 11) is -1.60. The Morgan fingerprint density at radius 1 is 1.31 bits per heavy atom. The van der Waals surface area contributed by atoms with E-state index in [-0.39, 0.29) is 5.75 Å². The summed E-state index contributed by atoms with van der Waals surface area (Å²) < 4.78 is 24.8.